The first-order valence-corrected chi connectivity index (χ1v) is 17.3. The van der Waals surface area contributed by atoms with Gasteiger partial charge in [-0.2, -0.15) is 0 Å². The number of rotatable bonds is 8. The van der Waals surface area contributed by atoms with Crippen LogP contribution in [0.5, 0.6) is 0 Å². The molecule has 1 fully saturated rings. The van der Waals surface area contributed by atoms with Crippen molar-refractivity contribution in [1.82, 2.24) is 4.90 Å². The summed E-state index contributed by atoms with van der Waals surface area (Å²) in [5, 5.41) is 1.78. The van der Waals surface area contributed by atoms with Gasteiger partial charge in [0.15, 0.2) is 14.3 Å². The van der Waals surface area contributed by atoms with E-state index in [1.165, 1.54) is 4.90 Å². The molecule has 5 nitrogen and oxygen atoms in total. The Kier molecular flexibility index (Phi) is 7.64. The van der Waals surface area contributed by atoms with E-state index in [4.69, 9.17) is 0 Å². The maximum atomic E-state index is 15.8. The summed E-state index contributed by atoms with van der Waals surface area (Å²) >= 11 is 0. The van der Waals surface area contributed by atoms with Crippen LogP contribution in [0.25, 0.3) is 0 Å². The maximum Gasteiger partial charge on any atom is 0.242 e. The molecule has 1 saturated heterocycles. The molecule has 0 bridgehead atoms. The summed E-state index contributed by atoms with van der Waals surface area (Å²) < 4.78 is 31.5. The number of likely N-dealkylation sites (tertiary alicyclic amines) is 1. The van der Waals surface area contributed by atoms with Crippen molar-refractivity contribution in [2.45, 2.75) is 17.9 Å². The van der Waals surface area contributed by atoms with E-state index in [-0.39, 0.29) is 6.54 Å². The predicted octanol–water partition coefficient (Wildman–Crippen LogP) is 5.32. The molecule has 42 heavy (non-hydrogen) atoms. The van der Waals surface area contributed by atoms with Gasteiger partial charge in [0, 0.05) is 21.2 Å². The summed E-state index contributed by atoms with van der Waals surface area (Å²) in [5.74, 6) is -1.14. The van der Waals surface area contributed by atoms with E-state index in [1.807, 2.05) is 54.6 Å². The Morgan fingerprint density at radius 3 is 0.976 bits per heavy atom. The summed E-state index contributed by atoms with van der Waals surface area (Å²) in [7, 11) is -7.77. The van der Waals surface area contributed by atoms with Gasteiger partial charge >= 0.3 is 0 Å². The van der Waals surface area contributed by atoms with Crippen LogP contribution in [0, 0.1) is 0 Å². The summed E-state index contributed by atoms with van der Waals surface area (Å²) in [5.41, 5.74) is -1.99. The number of hydrogen-bond donors (Lipinski definition) is 0. The van der Waals surface area contributed by atoms with Crippen molar-refractivity contribution in [2.24, 2.45) is 0 Å². The highest BCUT2D eigenvalue weighted by Gasteiger charge is 2.63. The lowest BCUT2D eigenvalue weighted by Gasteiger charge is -2.32. The standard InChI is InChI=1S/C35H29NO4P2/c37-34-32(41(39,28-18-8-2-9-19-28)29-20-10-3-11-21-29)33(35(38)36(34)26-27-16-6-1-7-17-27)42(40,30-22-12-4-13-23-30)31-24-14-5-15-25-31/h1-25,32-33H,26H2. The lowest BCUT2D eigenvalue weighted by Crippen LogP contribution is -2.41. The Balaban J connectivity index is 1.65. The largest absolute Gasteiger partial charge is 0.313 e. The van der Waals surface area contributed by atoms with Gasteiger partial charge in [0.1, 0.15) is 11.3 Å². The highest BCUT2D eigenvalue weighted by Crippen LogP contribution is 2.63. The number of hydrogen-bond acceptors (Lipinski definition) is 4. The molecule has 0 spiro atoms. The molecule has 5 aromatic rings. The van der Waals surface area contributed by atoms with E-state index < -0.39 is 37.4 Å². The van der Waals surface area contributed by atoms with Gasteiger partial charge in [-0.05, 0) is 5.56 Å². The van der Waals surface area contributed by atoms with Crippen LogP contribution in [0.2, 0.25) is 0 Å². The number of benzene rings is 5. The molecule has 5 aromatic carbocycles. The zero-order valence-corrected chi connectivity index (χ0v) is 24.6. The van der Waals surface area contributed by atoms with Crippen LogP contribution in [-0.2, 0) is 25.3 Å². The third-order valence-corrected chi connectivity index (χ3v) is 15.0. The van der Waals surface area contributed by atoms with Gasteiger partial charge in [0.25, 0.3) is 0 Å². The van der Waals surface area contributed by atoms with Crippen LogP contribution in [-0.4, -0.2) is 28.0 Å². The van der Waals surface area contributed by atoms with Crippen LogP contribution in [0.1, 0.15) is 5.56 Å². The number of carbonyl (C=O) groups excluding carboxylic acids is 2. The number of amides is 2. The Bertz CT molecular complexity index is 1600. The molecule has 2 amide bonds. The summed E-state index contributed by atoms with van der Waals surface area (Å²) in [4.78, 5) is 30.5. The molecule has 0 radical (unpaired) electrons. The smallest absolute Gasteiger partial charge is 0.242 e. The molecule has 0 aromatic heterocycles. The third kappa shape index (κ3) is 4.69. The molecule has 2 unspecified atom stereocenters. The van der Waals surface area contributed by atoms with Crippen molar-refractivity contribution in [2.75, 3.05) is 0 Å². The van der Waals surface area contributed by atoms with Crippen molar-refractivity contribution in [3.8, 4) is 0 Å². The van der Waals surface area contributed by atoms with Gasteiger partial charge in [-0.3, -0.25) is 14.5 Å². The van der Waals surface area contributed by atoms with E-state index in [0.717, 1.165) is 5.56 Å². The van der Waals surface area contributed by atoms with Crippen molar-refractivity contribution in [3.05, 3.63) is 157 Å². The maximum absolute atomic E-state index is 15.8. The second-order valence-electron chi connectivity index (χ2n) is 10.3. The molecule has 0 aliphatic carbocycles. The third-order valence-electron chi connectivity index (χ3n) is 7.86. The molecule has 0 N–H and O–H groups in total. The monoisotopic (exact) mass is 589 g/mol. The number of carbonyl (C=O) groups is 2. The SMILES string of the molecule is O=C1C(P(=O)(c2ccccc2)c2ccccc2)C(P(=O)(c2ccccc2)c2ccccc2)C(=O)N1Cc1ccccc1. The summed E-state index contributed by atoms with van der Waals surface area (Å²) in [6.07, 6.45) is 0. The van der Waals surface area contributed by atoms with E-state index in [2.05, 4.69) is 0 Å². The van der Waals surface area contributed by atoms with E-state index in [0.29, 0.717) is 21.2 Å². The van der Waals surface area contributed by atoms with Crippen LogP contribution in [0.3, 0.4) is 0 Å². The van der Waals surface area contributed by atoms with Gasteiger partial charge < -0.3 is 9.13 Å². The first-order valence-electron chi connectivity index (χ1n) is 13.8. The van der Waals surface area contributed by atoms with Gasteiger partial charge in [0.2, 0.25) is 11.8 Å². The van der Waals surface area contributed by atoms with E-state index in [1.54, 1.807) is 97.1 Å². The molecule has 1 aliphatic heterocycles. The zero-order chi connectivity index (χ0) is 29.2. The lowest BCUT2D eigenvalue weighted by atomic mass is 10.2. The minimum absolute atomic E-state index is 0.00132. The minimum Gasteiger partial charge on any atom is -0.313 e. The van der Waals surface area contributed by atoms with Crippen molar-refractivity contribution >= 4 is 47.3 Å². The van der Waals surface area contributed by atoms with E-state index in [9.17, 15) is 9.59 Å². The van der Waals surface area contributed by atoms with Crippen LogP contribution < -0.4 is 21.2 Å². The Morgan fingerprint density at radius 1 is 0.429 bits per heavy atom. The Hall–Kier alpha value is -4.30. The number of nitrogens with zero attached hydrogens (tertiary/aromatic N) is 1. The zero-order valence-electron chi connectivity index (χ0n) is 22.8. The highest BCUT2D eigenvalue weighted by molar-refractivity contribution is 7.84. The van der Waals surface area contributed by atoms with Crippen LogP contribution in [0.4, 0.5) is 0 Å². The second kappa shape index (κ2) is 11.5. The lowest BCUT2D eigenvalue weighted by molar-refractivity contribution is -0.138. The quantitative estimate of drug-likeness (QED) is 0.182. The summed E-state index contributed by atoms with van der Waals surface area (Å²) in [6, 6.07) is 44.6. The van der Waals surface area contributed by atoms with Crippen LogP contribution in [0.15, 0.2) is 152 Å². The minimum atomic E-state index is -3.89. The van der Waals surface area contributed by atoms with Gasteiger partial charge in [-0.25, -0.2) is 0 Å². The summed E-state index contributed by atoms with van der Waals surface area (Å²) in [6.45, 7) is -0.00132. The molecule has 1 aliphatic rings. The van der Waals surface area contributed by atoms with Gasteiger partial charge in [-0.15, -0.1) is 0 Å². The number of imide groups is 1. The van der Waals surface area contributed by atoms with E-state index >= 15 is 9.13 Å². The van der Waals surface area contributed by atoms with Gasteiger partial charge in [0.05, 0.1) is 6.54 Å². The molecular formula is C35H29NO4P2. The Morgan fingerprint density at radius 2 is 0.690 bits per heavy atom. The first-order chi connectivity index (χ1) is 20.5. The van der Waals surface area contributed by atoms with Gasteiger partial charge in [-0.1, -0.05) is 152 Å². The molecule has 208 valence electrons. The molecule has 6 rings (SSSR count). The van der Waals surface area contributed by atoms with Crippen molar-refractivity contribution < 1.29 is 18.7 Å². The van der Waals surface area contributed by atoms with Crippen LogP contribution >= 0.6 is 14.3 Å². The molecule has 2 atom stereocenters. The fourth-order valence-electron chi connectivity index (χ4n) is 5.87. The normalized spacial score (nSPS) is 17.4. The fourth-order valence-corrected chi connectivity index (χ4v) is 13.3. The molecule has 1 heterocycles. The highest BCUT2D eigenvalue weighted by atomic mass is 31.2. The van der Waals surface area contributed by atoms with Crippen molar-refractivity contribution in [1.29, 1.82) is 0 Å². The topological polar surface area (TPSA) is 71.5 Å². The second-order valence-corrected chi connectivity index (χ2v) is 16.1. The average Bonchev–Trinajstić information content (AvgIpc) is 3.31. The molecule has 0 saturated carbocycles. The molecule has 7 heteroatoms. The average molecular weight is 590 g/mol. The first kappa shape index (κ1) is 27.8. The predicted molar refractivity (Wildman–Crippen MR) is 169 cm³/mol. The Labute approximate surface area is 245 Å². The van der Waals surface area contributed by atoms with Crippen molar-refractivity contribution in [3.63, 3.8) is 0 Å². The molecular weight excluding hydrogens is 560 g/mol. The fraction of sp³-hybridized carbons (Fsp3) is 0.0857.